The molecule has 2 N–H and O–H groups in total. The number of rotatable bonds is 7. The van der Waals surface area contributed by atoms with Crippen molar-refractivity contribution in [3.63, 3.8) is 0 Å². The predicted molar refractivity (Wildman–Crippen MR) is 125 cm³/mol. The van der Waals surface area contributed by atoms with Gasteiger partial charge >= 0.3 is 0 Å². The smallest absolute Gasteiger partial charge is 0.221 e. The molecule has 8 nitrogen and oxygen atoms in total. The minimum Gasteiger partial charge on any atom is -0.392 e. The Morgan fingerprint density at radius 1 is 1.18 bits per heavy atom. The Bertz CT molecular complexity index is 1090. The van der Waals surface area contributed by atoms with Crippen molar-refractivity contribution in [3.05, 3.63) is 71.5 Å². The van der Waals surface area contributed by atoms with Crippen LogP contribution in [0.3, 0.4) is 0 Å². The van der Waals surface area contributed by atoms with E-state index in [4.69, 9.17) is 9.47 Å². The third-order valence-electron chi connectivity index (χ3n) is 5.65. The highest BCUT2D eigenvalue weighted by atomic mass is 32.2. The van der Waals surface area contributed by atoms with Crippen LogP contribution < -0.4 is 5.32 Å². The fourth-order valence-electron chi connectivity index (χ4n) is 3.84. The maximum Gasteiger partial charge on any atom is 0.221 e. The molecule has 1 aromatic heterocycles. The van der Waals surface area contributed by atoms with E-state index in [1.165, 1.54) is 6.92 Å². The summed E-state index contributed by atoms with van der Waals surface area (Å²) in [4.78, 5) is 11.5. The molecule has 174 valence electrons. The van der Waals surface area contributed by atoms with Gasteiger partial charge in [0.15, 0.2) is 11.4 Å². The number of amides is 1. The Morgan fingerprint density at radius 2 is 1.97 bits per heavy atom. The molecule has 0 unspecified atom stereocenters. The lowest BCUT2D eigenvalue weighted by Gasteiger charge is -2.41. The molecule has 2 aromatic carbocycles. The maximum atomic E-state index is 11.5. The first-order valence-electron chi connectivity index (χ1n) is 10.8. The third-order valence-corrected chi connectivity index (χ3v) is 6.77. The summed E-state index contributed by atoms with van der Waals surface area (Å²) in [5.74, 6) is 0.621. The van der Waals surface area contributed by atoms with E-state index in [0.29, 0.717) is 11.4 Å². The van der Waals surface area contributed by atoms with Gasteiger partial charge < -0.3 is 24.5 Å². The second kappa shape index (κ2) is 10.5. The van der Waals surface area contributed by atoms with E-state index in [9.17, 15) is 9.90 Å². The molecule has 33 heavy (non-hydrogen) atoms. The highest BCUT2D eigenvalue weighted by Crippen LogP contribution is 2.43. The van der Waals surface area contributed by atoms with Crippen LogP contribution >= 0.6 is 11.8 Å². The topological polar surface area (TPSA) is 98.5 Å². The molecule has 1 aliphatic heterocycles. The Hall–Kier alpha value is -2.72. The number of aryl methyl sites for hydroxylation is 1. The molecule has 0 radical (unpaired) electrons. The van der Waals surface area contributed by atoms with Gasteiger partial charge in [-0.15, -0.1) is 10.2 Å². The van der Waals surface area contributed by atoms with Crippen LogP contribution in [0.2, 0.25) is 0 Å². The van der Waals surface area contributed by atoms with Gasteiger partial charge in [-0.05, 0) is 23.3 Å². The first kappa shape index (κ1) is 23.4. The van der Waals surface area contributed by atoms with Gasteiger partial charge in [-0.1, -0.05) is 55.1 Å². The van der Waals surface area contributed by atoms with Crippen LogP contribution in [-0.2, 0) is 27.9 Å². The van der Waals surface area contributed by atoms with E-state index < -0.39 is 6.29 Å². The van der Waals surface area contributed by atoms with Crippen molar-refractivity contribution in [2.75, 3.05) is 11.1 Å². The number of ether oxygens (including phenoxy) is 2. The lowest BCUT2D eigenvalue weighted by Crippen LogP contribution is -2.38. The quantitative estimate of drug-likeness (QED) is 0.508. The molecule has 1 aliphatic rings. The normalized spacial score (nSPS) is 22.8. The third kappa shape index (κ3) is 5.62. The summed E-state index contributed by atoms with van der Waals surface area (Å²) in [5, 5.41) is 21.2. The minimum atomic E-state index is -0.595. The van der Waals surface area contributed by atoms with Crippen LogP contribution in [0.15, 0.2) is 60.0 Å². The lowest BCUT2D eigenvalue weighted by atomic mass is 9.91. The van der Waals surface area contributed by atoms with Gasteiger partial charge in [0.25, 0.3) is 0 Å². The van der Waals surface area contributed by atoms with Crippen LogP contribution in [-0.4, -0.2) is 37.6 Å². The van der Waals surface area contributed by atoms with Crippen LogP contribution in [0.1, 0.15) is 42.9 Å². The van der Waals surface area contributed by atoms with Crippen molar-refractivity contribution in [1.29, 1.82) is 0 Å². The summed E-state index contributed by atoms with van der Waals surface area (Å²) in [6, 6.07) is 15.3. The summed E-state index contributed by atoms with van der Waals surface area (Å²) in [6.07, 6.45) is 0.768. The number of benzene rings is 2. The van der Waals surface area contributed by atoms with E-state index in [-0.39, 0.29) is 30.6 Å². The number of aliphatic hydroxyl groups excluding tert-OH is 1. The zero-order valence-corrected chi connectivity index (χ0v) is 19.7. The fraction of sp³-hybridized carbons (Fsp3) is 0.375. The van der Waals surface area contributed by atoms with Gasteiger partial charge in [-0.3, -0.25) is 4.79 Å². The second-order valence-electron chi connectivity index (χ2n) is 8.16. The molecule has 0 spiro atoms. The number of anilines is 1. The van der Waals surface area contributed by atoms with Crippen LogP contribution in [0, 0.1) is 5.92 Å². The van der Waals surface area contributed by atoms with Crippen molar-refractivity contribution in [2.45, 2.75) is 44.1 Å². The summed E-state index contributed by atoms with van der Waals surface area (Å²) in [7, 11) is 1.92. The maximum absolute atomic E-state index is 11.5. The molecule has 0 aliphatic carbocycles. The number of aromatic nitrogens is 3. The van der Waals surface area contributed by atoms with Gasteiger partial charge in [0.05, 0.1) is 18.8 Å². The summed E-state index contributed by atoms with van der Waals surface area (Å²) in [6.45, 7) is 3.60. The van der Waals surface area contributed by atoms with Crippen molar-refractivity contribution in [3.8, 4) is 0 Å². The average Bonchev–Trinajstić information content (AvgIpc) is 3.23. The summed E-state index contributed by atoms with van der Waals surface area (Å²) in [5.41, 5.74) is 3.41. The molecule has 4 atom stereocenters. The number of nitrogens with one attached hydrogen (secondary N) is 1. The van der Waals surface area contributed by atoms with Gasteiger partial charge in [-0.2, -0.15) is 0 Å². The Balaban J connectivity index is 1.60. The lowest BCUT2D eigenvalue weighted by molar-refractivity contribution is -0.268. The number of thioether (sulfide) groups is 1. The number of aliphatic hydroxyl groups is 1. The Morgan fingerprint density at radius 3 is 2.64 bits per heavy atom. The van der Waals surface area contributed by atoms with Crippen molar-refractivity contribution in [2.24, 2.45) is 13.0 Å². The van der Waals surface area contributed by atoms with Crippen LogP contribution in [0.4, 0.5) is 5.69 Å². The first-order valence-corrected chi connectivity index (χ1v) is 11.8. The van der Waals surface area contributed by atoms with Gasteiger partial charge in [-0.25, -0.2) is 0 Å². The molecule has 1 amide bonds. The number of carbonyl (C=O) groups excluding carboxylic acids is 1. The highest BCUT2D eigenvalue weighted by Gasteiger charge is 2.38. The molecular weight excluding hydrogens is 440 g/mol. The SMILES string of the molecule is CC(=O)Nc1cccc([C@@H]2O[C@H](CSc3nncn3C)[C@H](C)[C@H](c3ccc(CO)cc3)O2)c1. The van der Waals surface area contributed by atoms with E-state index in [1.807, 2.05) is 60.1 Å². The monoisotopic (exact) mass is 468 g/mol. The van der Waals surface area contributed by atoms with Crippen LogP contribution in [0.25, 0.3) is 0 Å². The molecule has 1 fully saturated rings. The average molecular weight is 469 g/mol. The van der Waals surface area contributed by atoms with E-state index >= 15 is 0 Å². The van der Waals surface area contributed by atoms with Crippen molar-refractivity contribution in [1.82, 2.24) is 14.8 Å². The molecule has 0 saturated carbocycles. The molecule has 2 heterocycles. The van der Waals surface area contributed by atoms with Gasteiger partial charge in [0.1, 0.15) is 6.33 Å². The molecule has 3 aromatic rings. The Kier molecular flexibility index (Phi) is 7.44. The summed E-state index contributed by atoms with van der Waals surface area (Å²) >= 11 is 1.59. The van der Waals surface area contributed by atoms with E-state index in [2.05, 4.69) is 22.4 Å². The standard InChI is InChI=1S/C24H28N4O4S/c1-15-21(13-33-24-27-25-14-28(24)3)31-23(19-5-4-6-20(11-19)26-16(2)30)32-22(15)18-9-7-17(12-29)8-10-18/h4-11,14-15,21-23,29H,12-13H2,1-3H3,(H,26,30)/t15-,21+,22+,23+/m0/s1. The minimum absolute atomic E-state index is 0.000000197. The molecule has 4 rings (SSSR count). The van der Waals surface area contributed by atoms with Crippen LogP contribution in [0.5, 0.6) is 0 Å². The van der Waals surface area contributed by atoms with Gasteiger partial charge in [0.2, 0.25) is 5.91 Å². The Labute approximate surface area is 197 Å². The molecule has 1 saturated heterocycles. The van der Waals surface area contributed by atoms with Crippen molar-refractivity contribution < 1.29 is 19.4 Å². The zero-order chi connectivity index (χ0) is 23.4. The van der Waals surface area contributed by atoms with E-state index in [0.717, 1.165) is 21.8 Å². The largest absolute Gasteiger partial charge is 0.392 e. The fourth-order valence-corrected chi connectivity index (χ4v) is 4.89. The van der Waals surface area contributed by atoms with Crippen molar-refractivity contribution >= 4 is 23.4 Å². The number of hydrogen-bond donors (Lipinski definition) is 2. The predicted octanol–water partition coefficient (Wildman–Crippen LogP) is 3.85. The molecular formula is C24H28N4O4S. The number of hydrogen-bond acceptors (Lipinski definition) is 7. The summed E-state index contributed by atoms with van der Waals surface area (Å²) < 4.78 is 14.8. The molecule has 0 bridgehead atoms. The molecule has 9 heteroatoms. The number of nitrogens with zero attached hydrogens (tertiary/aromatic N) is 3. The zero-order valence-electron chi connectivity index (χ0n) is 18.8. The first-order chi connectivity index (χ1) is 15.9. The number of carbonyl (C=O) groups is 1. The van der Waals surface area contributed by atoms with Gasteiger partial charge in [0, 0.05) is 36.9 Å². The highest BCUT2D eigenvalue weighted by molar-refractivity contribution is 7.99. The second-order valence-corrected chi connectivity index (χ2v) is 9.15. The van der Waals surface area contributed by atoms with E-state index in [1.54, 1.807) is 18.1 Å².